The zero-order valence-corrected chi connectivity index (χ0v) is 11.5. The van der Waals surface area contributed by atoms with Gasteiger partial charge in [-0.1, -0.05) is 43.2 Å². The molecule has 0 spiro atoms. The Morgan fingerprint density at radius 3 is 2.65 bits per heavy atom. The van der Waals surface area contributed by atoms with Crippen molar-refractivity contribution in [1.82, 2.24) is 0 Å². The number of hydrogen-bond donors (Lipinski definition) is 2. The van der Waals surface area contributed by atoms with Gasteiger partial charge in [0.1, 0.15) is 0 Å². The molecule has 0 bridgehead atoms. The zero-order chi connectivity index (χ0) is 15.0. The molecule has 0 radical (unpaired) electrons. The summed E-state index contributed by atoms with van der Waals surface area (Å²) in [6, 6.07) is 7.05. The summed E-state index contributed by atoms with van der Waals surface area (Å²) < 4.78 is 0. The Kier molecular flexibility index (Phi) is 6.12. The van der Waals surface area contributed by atoms with Crippen LogP contribution in [0.2, 0.25) is 0 Å². The summed E-state index contributed by atoms with van der Waals surface area (Å²) in [4.78, 5) is 10.6. The second-order valence-corrected chi connectivity index (χ2v) is 4.39. The first kappa shape index (κ1) is 15.6. The molecule has 0 aliphatic heterocycles. The van der Waals surface area contributed by atoms with Gasteiger partial charge in [-0.15, -0.1) is 6.42 Å². The fourth-order valence-electron chi connectivity index (χ4n) is 1.80. The number of carboxylic acid groups (broad SMARTS) is 1. The molecule has 1 atom stereocenters. The van der Waals surface area contributed by atoms with E-state index in [0.29, 0.717) is 5.56 Å². The number of nitrogens with two attached hydrogens (primary N) is 1. The van der Waals surface area contributed by atoms with Crippen molar-refractivity contribution in [2.24, 2.45) is 11.7 Å². The van der Waals surface area contributed by atoms with Gasteiger partial charge in [-0.25, -0.2) is 4.79 Å². The molecule has 1 aromatic rings. The van der Waals surface area contributed by atoms with Crippen LogP contribution < -0.4 is 5.73 Å². The second-order valence-electron chi connectivity index (χ2n) is 4.39. The van der Waals surface area contributed by atoms with Gasteiger partial charge >= 0.3 is 5.97 Å². The number of rotatable bonds is 2. The largest absolute Gasteiger partial charge is 0.478 e. The minimum absolute atomic E-state index is 0.261. The first-order chi connectivity index (χ1) is 9.58. The van der Waals surface area contributed by atoms with Crippen LogP contribution in [0, 0.1) is 18.3 Å². The monoisotopic (exact) mass is 269 g/mol. The van der Waals surface area contributed by atoms with E-state index in [0.717, 1.165) is 24.1 Å². The topological polar surface area (TPSA) is 63.3 Å². The van der Waals surface area contributed by atoms with E-state index in [2.05, 4.69) is 5.92 Å². The first-order valence-corrected chi connectivity index (χ1v) is 6.49. The van der Waals surface area contributed by atoms with E-state index in [1.54, 1.807) is 12.1 Å². The molecule has 3 heteroatoms. The van der Waals surface area contributed by atoms with Crippen LogP contribution >= 0.6 is 0 Å². The van der Waals surface area contributed by atoms with Crippen LogP contribution in [0.1, 0.15) is 29.3 Å². The van der Waals surface area contributed by atoms with Crippen LogP contribution in [0.4, 0.5) is 0 Å². The lowest BCUT2D eigenvalue weighted by Gasteiger charge is -2.06. The molecule has 1 unspecified atom stereocenters. The minimum atomic E-state index is -0.845. The molecule has 0 saturated heterocycles. The smallest absolute Gasteiger partial charge is 0.335 e. The molecule has 20 heavy (non-hydrogen) atoms. The van der Waals surface area contributed by atoms with Crippen molar-refractivity contribution in [3.63, 3.8) is 0 Å². The Morgan fingerprint density at radius 1 is 1.50 bits per heavy atom. The van der Waals surface area contributed by atoms with Gasteiger partial charge < -0.3 is 10.8 Å². The fraction of sp³-hybridized carbons (Fsp3) is 0.235. The van der Waals surface area contributed by atoms with Crippen LogP contribution in [0.25, 0.3) is 0 Å². The van der Waals surface area contributed by atoms with Crippen LogP contribution in [0.5, 0.6) is 0 Å². The molecule has 0 heterocycles. The lowest BCUT2D eigenvalue weighted by atomic mass is 10.0. The second kappa shape index (κ2) is 7.85. The molecule has 1 aromatic carbocycles. The maximum atomic E-state index is 10.6. The van der Waals surface area contributed by atoms with Crippen molar-refractivity contribution in [3.8, 4) is 12.3 Å². The predicted octanol–water partition coefficient (Wildman–Crippen LogP) is 2.99. The van der Waals surface area contributed by atoms with Crippen LogP contribution in [0.15, 0.2) is 48.2 Å². The molecule has 1 aliphatic carbocycles. The third-order valence-corrected chi connectivity index (χ3v) is 2.97. The van der Waals surface area contributed by atoms with Crippen molar-refractivity contribution in [1.29, 1.82) is 0 Å². The quantitative estimate of drug-likeness (QED) is 0.811. The van der Waals surface area contributed by atoms with E-state index in [1.165, 1.54) is 0 Å². The number of carboxylic acids is 1. The van der Waals surface area contributed by atoms with E-state index in [4.69, 9.17) is 17.3 Å². The van der Waals surface area contributed by atoms with Gasteiger partial charge in [0.2, 0.25) is 0 Å². The Labute approximate surface area is 119 Å². The normalized spacial score (nSPS) is 16.4. The fourth-order valence-corrected chi connectivity index (χ4v) is 1.80. The molecule has 1 aliphatic rings. The van der Waals surface area contributed by atoms with Crippen LogP contribution in [0.3, 0.4) is 0 Å². The van der Waals surface area contributed by atoms with Crippen molar-refractivity contribution in [2.45, 2.75) is 19.8 Å². The lowest BCUT2D eigenvalue weighted by molar-refractivity contribution is 0.0695. The summed E-state index contributed by atoms with van der Waals surface area (Å²) in [6.07, 6.45) is 12.6. The van der Waals surface area contributed by atoms with Gasteiger partial charge in [0, 0.05) is 11.6 Å². The average molecular weight is 269 g/mol. The summed E-state index contributed by atoms with van der Waals surface area (Å²) in [5.74, 6) is 2.05. The van der Waals surface area contributed by atoms with Gasteiger partial charge in [-0.2, -0.15) is 0 Å². The zero-order valence-electron chi connectivity index (χ0n) is 11.5. The molecule has 2 rings (SSSR count). The van der Waals surface area contributed by atoms with E-state index in [1.807, 2.05) is 37.3 Å². The number of aromatic carboxylic acids is 1. The summed E-state index contributed by atoms with van der Waals surface area (Å²) in [5, 5.41) is 8.70. The molecular weight excluding hydrogens is 250 g/mol. The summed E-state index contributed by atoms with van der Waals surface area (Å²) in [5.41, 5.74) is 7.58. The number of benzene rings is 1. The molecule has 0 saturated carbocycles. The van der Waals surface area contributed by atoms with E-state index in [9.17, 15) is 4.79 Å². The Bertz CT molecular complexity index is 565. The molecule has 0 aromatic heterocycles. The van der Waals surface area contributed by atoms with Gasteiger partial charge in [0.05, 0.1) is 5.56 Å². The number of aryl methyl sites for hydroxylation is 1. The average Bonchev–Trinajstić information content (AvgIpc) is 2.48. The summed E-state index contributed by atoms with van der Waals surface area (Å²) >= 11 is 0. The number of carbonyl (C=O) groups is 1. The van der Waals surface area contributed by atoms with Crippen molar-refractivity contribution in [2.75, 3.05) is 0 Å². The van der Waals surface area contributed by atoms with Crippen LogP contribution in [-0.4, -0.2) is 11.1 Å². The van der Waals surface area contributed by atoms with E-state index < -0.39 is 5.97 Å². The van der Waals surface area contributed by atoms with Crippen molar-refractivity contribution < 1.29 is 9.90 Å². The molecule has 3 nitrogen and oxygen atoms in total. The lowest BCUT2D eigenvalue weighted by Crippen LogP contribution is -2.01. The van der Waals surface area contributed by atoms with Gasteiger partial charge in [0.15, 0.2) is 0 Å². The first-order valence-electron chi connectivity index (χ1n) is 6.49. The highest BCUT2D eigenvalue weighted by Crippen LogP contribution is 2.11. The molecular formula is C17H19NO2. The highest BCUT2D eigenvalue weighted by molar-refractivity contribution is 5.89. The summed E-state index contributed by atoms with van der Waals surface area (Å²) in [6.45, 7) is 1.95. The van der Waals surface area contributed by atoms with Crippen molar-refractivity contribution >= 4 is 5.97 Å². The highest BCUT2D eigenvalue weighted by atomic mass is 16.4. The van der Waals surface area contributed by atoms with E-state index in [-0.39, 0.29) is 5.92 Å². The number of allylic oxidation sites excluding steroid dienone is 3. The highest BCUT2D eigenvalue weighted by Gasteiger charge is 2.05. The third kappa shape index (κ3) is 4.66. The number of hydrogen-bond acceptors (Lipinski definition) is 2. The standard InChI is InChI=1S/C9H10O2.C8H9N/c1-2-7-5-3-4-6-8(7)9(10)11;1-2-7-3-5-8(9)6-4-7/h3-6H,2H2,1H3,(H,10,11);1,3,5-7H,4,9H2. The Morgan fingerprint density at radius 2 is 2.20 bits per heavy atom. The maximum absolute atomic E-state index is 10.6. The van der Waals surface area contributed by atoms with Gasteiger partial charge in [-0.3, -0.25) is 0 Å². The van der Waals surface area contributed by atoms with Gasteiger partial charge in [-0.05, 0) is 30.5 Å². The minimum Gasteiger partial charge on any atom is -0.478 e. The predicted molar refractivity (Wildman–Crippen MR) is 81.1 cm³/mol. The van der Waals surface area contributed by atoms with E-state index >= 15 is 0 Å². The SMILES string of the molecule is C#CC1C=CC(N)=CC1.CCc1ccccc1C(=O)O. The number of terminal acetylenes is 1. The molecule has 0 amide bonds. The van der Waals surface area contributed by atoms with Gasteiger partial charge in [0.25, 0.3) is 0 Å². The Balaban J connectivity index is 0.000000204. The third-order valence-electron chi connectivity index (χ3n) is 2.97. The Hall–Kier alpha value is -2.47. The van der Waals surface area contributed by atoms with Crippen LogP contribution in [-0.2, 0) is 6.42 Å². The van der Waals surface area contributed by atoms with Crippen molar-refractivity contribution in [3.05, 3.63) is 59.3 Å². The summed E-state index contributed by atoms with van der Waals surface area (Å²) in [7, 11) is 0. The maximum Gasteiger partial charge on any atom is 0.335 e. The molecule has 0 fully saturated rings. The molecule has 104 valence electrons. The molecule has 3 N–H and O–H groups in total.